The van der Waals surface area contributed by atoms with Gasteiger partial charge in [-0.2, -0.15) is 0 Å². The number of amides is 1. The molecule has 5 nitrogen and oxygen atoms in total. The number of carbonyl (C=O) groups excluding carboxylic acids is 1. The quantitative estimate of drug-likeness (QED) is 0.760. The number of ether oxygens (including phenoxy) is 1. The summed E-state index contributed by atoms with van der Waals surface area (Å²) < 4.78 is 5.38. The highest BCUT2D eigenvalue weighted by molar-refractivity contribution is 7.13. The van der Waals surface area contributed by atoms with Gasteiger partial charge in [0.05, 0.1) is 18.4 Å². The summed E-state index contributed by atoms with van der Waals surface area (Å²) >= 11 is 1.59. The van der Waals surface area contributed by atoms with Crippen LogP contribution in [-0.2, 0) is 16.0 Å². The minimum atomic E-state index is 0.0332. The number of rotatable bonds is 8. The van der Waals surface area contributed by atoms with Crippen molar-refractivity contribution in [1.29, 1.82) is 0 Å². The van der Waals surface area contributed by atoms with Gasteiger partial charge in [0, 0.05) is 36.3 Å². The molecule has 2 aromatic rings. The van der Waals surface area contributed by atoms with Crippen LogP contribution in [0, 0.1) is 0 Å². The summed E-state index contributed by atoms with van der Waals surface area (Å²) in [5.74, 6) is 0.0332. The van der Waals surface area contributed by atoms with E-state index < -0.39 is 0 Å². The number of hydrogen-bond donors (Lipinski definition) is 1. The van der Waals surface area contributed by atoms with E-state index >= 15 is 0 Å². The zero-order chi connectivity index (χ0) is 15.8. The molecule has 0 aliphatic rings. The molecule has 0 aromatic carbocycles. The Morgan fingerprint density at radius 3 is 2.86 bits per heavy atom. The van der Waals surface area contributed by atoms with Gasteiger partial charge >= 0.3 is 0 Å². The van der Waals surface area contributed by atoms with Crippen molar-refractivity contribution < 1.29 is 9.53 Å². The van der Waals surface area contributed by atoms with E-state index in [-0.39, 0.29) is 12.0 Å². The number of hydrogen-bond acceptors (Lipinski definition) is 5. The fraction of sp³-hybridized carbons (Fsp3) is 0.438. The first-order valence-corrected chi connectivity index (χ1v) is 8.26. The molecule has 2 rings (SSSR count). The third-order valence-corrected chi connectivity index (χ3v) is 3.90. The van der Waals surface area contributed by atoms with Crippen LogP contribution in [0.2, 0.25) is 0 Å². The summed E-state index contributed by atoms with van der Waals surface area (Å²) in [5, 5.41) is 5.82. The third kappa shape index (κ3) is 5.54. The second kappa shape index (κ2) is 8.60. The Labute approximate surface area is 134 Å². The standard InChI is InChI=1S/C16H21N3O2S/c1-12(2)21-10-9-18-15(20)4-3-14-11-22-16(19-14)13-5-7-17-8-6-13/h5-8,11-12H,3-4,9-10H2,1-2H3,(H,18,20). The van der Waals surface area contributed by atoms with Crippen LogP contribution in [0.15, 0.2) is 29.9 Å². The first-order chi connectivity index (χ1) is 10.6. The number of nitrogens with one attached hydrogen (secondary N) is 1. The molecule has 0 unspecified atom stereocenters. The average Bonchev–Trinajstić information content (AvgIpc) is 2.99. The summed E-state index contributed by atoms with van der Waals surface area (Å²) in [6, 6.07) is 3.87. The van der Waals surface area contributed by atoms with Crippen molar-refractivity contribution in [2.45, 2.75) is 32.8 Å². The minimum Gasteiger partial charge on any atom is -0.377 e. The van der Waals surface area contributed by atoms with Crippen molar-refractivity contribution in [3.63, 3.8) is 0 Å². The first kappa shape index (κ1) is 16.6. The van der Waals surface area contributed by atoms with Crippen LogP contribution in [0.5, 0.6) is 0 Å². The number of carbonyl (C=O) groups is 1. The summed E-state index contributed by atoms with van der Waals surface area (Å²) in [5.41, 5.74) is 2.01. The number of pyridine rings is 1. The van der Waals surface area contributed by atoms with Crippen LogP contribution in [0.3, 0.4) is 0 Å². The largest absolute Gasteiger partial charge is 0.377 e. The Morgan fingerprint density at radius 2 is 2.14 bits per heavy atom. The van der Waals surface area contributed by atoms with E-state index in [1.807, 2.05) is 31.4 Å². The van der Waals surface area contributed by atoms with Crippen molar-refractivity contribution in [2.24, 2.45) is 0 Å². The molecule has 0 atom stereocenters. The van der Waals surface area contributed by atoms with Crippen molar-refractivity contribution in [3.8, 4) is 10.6 Å². The van der Waals surface area contributed by atoms with Gasteiger partial charge in [0.2, 0.25) is 5.91 Å². The van der Waals surface area contributed by atoms with Gasteiger partial charge in [0.1, 0.15) is 5.01 Å². The molecule has 0 aliphatic carbocycles. The zero-order valence-corrected chi connectivity index (χ0v) is 13.7. The lowest BCUT2D eigenvalue weighted by Gasteiger charge is -2.08. The molecule has 0 radical (unpaired) electrons. The van der Waals surface area contributed by atoms with E-state index in [9.17, 15) is 4.79 Å². The zero-order valence-electron chi connectivity index (χ0n) is 12.9. The Kier molecular flexibility index (Phi) is 6.48. The molecule has 6 heteroatoms. The molecule has 2 heterocycles. The summed E-state index contributed by atoms with van der Waals surface area (Å²) in [4.78, 5) is 20.3. The van der Waals surface area contributed by atoms with E-state index in [0.717, 1.165) is 16.3 Å². The van der Waals surface area contributed by atoms with E-state index in [4.69, 9.17) is 4.74 Å². The van der Waals surface area contributed by atoms with E-state index in [2.05, 4.69) is 15.3 Å². The molecule has 2 aromatic heterocycles. The second-order valence-electron chi connectivity index (χ2n) is 5.15. The van der Waals surface area contributed by atoms with Crippen molar-refractivity contribution in [2.75, 3.05) is 13.2 Å². The summed E-state index contributed by atoms with van der Waals surface area (Å²) in [6.45, 7) is 5.05. The molecule has 0 bridgehead atoms. The molecule has 0 saturated carbocycles. The van der Waals surface area contributed by atoms with Crippen molar-refractivity contribution >= 4 is 17.2 Å². The fourth-order valence-corrected chi connectivity index (χ4v) is 2.72. The number of thiazole rings is 1. The van der Waals surface area contributed by atoms with Crippen LogP contribution in [0.4, 0.5) is 0 Å². The monoisotopic (exact) mass is 319 g/mol. The van der Waals surface area contributed by atoms with Gasteiger partial charge in [-0.05, 0) is 32.4 Å². The van der Waals surface area contributed by atoms with Crippen LogP contribution in [-0.4, -0.2) is 35.1 Å². The van der Waals surface area contributed by atoms with Gasteiger partial charge in [-0.25, -0.2) is 4.98 Å². The first-order valence-electron chi connectivity index (χ1n) is 7.38. The number of nitrogens with zero attached hydrogens (tertiary/aromatic N) is 2. The second-order valence-corrected chi connectivity index (χ2v) is 6.01. The predicted molar refractivity (Wildman–Crippen MR) is 87.8 cm³/mol. The Morgan fingerprint density at radius 1 is 1.36 bits per heavy atom. The maximum absolute atomic E-state index is 11.7. The maximum Gasteiger partial charge on any atom is 0.220 e. The van der Waals surface area contributed by atoms with Crippen molar-refractivity contribution in [1.82, 2.24) is 15.3 Å². The molecule has 0 fully saturated rings. The van der Waals surface area contributed by atoms with Crippen molar-refractivity contribution in [3.05, 3.63) is 35.6 Å². The van der Waals surface area contributed by atoms with Gasteiger partial charge in [0.25, 0.3) is 0 Å². The molecular formula is C16H21N3O2S. The topological polar surface area (TPSA) is 64.1 Å². The van der Waals surface area contributed by atoms with Gasteiger partial charge < -0.3 is 10.1 Å². The average molecular weight is 319 g/mol. The lowest BCUT2D eigenvalue weighted by atomic mass is 10.2. The van der Waals surface area contributed by atoms with Gasteiger partial charge in [-0.1, -0.05) is 0 Å². The minimum absolute atomic E-state index is 0.0332. The SMILES string of the molecule is CC(C)OCCNC(=O)CCc1csc(-c2ccncc2)n1. The third-order valence-electron chi connectivity index (χ3n) is 2.96. The smallest absolute Gasteiger partial charge is 0.220 e. The highest BCUT2D eigenvalue weighted by Crippen LogP contribution is 2.23. The summed E-state index contributed by atoms with van der Waals surface area (Å²) in [7, 11) is 0. The van der Waals surface area contributed by atoms with Crippen LogP contribution >= 0.6 is 11.3 Å². The highest BCUT2D eigenvalue weighted by Gasteiger charge is 2.07. The molecule has 118 valence electrons. The predicted octanol–water partition coefficient (Wildman–Crippen LogP) is 2.68. The fourth-order valence-electron chi connectivity index (χ4n) is 1.86. The van der Waals surface area contributed by atoms with E-state index in [1.165, 1.54) is 0 Å². The Bertz CT molecular complexity index is 584. The van der Waals surface area contributed by atoms with Gasteiger partial charge in [-0.3, -0.25) is 9.78 Å². The molecule has 0 spiro atoms. The van der Waals surface area contributed by atoms with Gasteiger partial charge in [0.15, 0.2) is 0 Å². The molecule has 22 heavy (non-hydrogen) atoms. The summed E-state index contributed by atoms with van der Waals surface area (Å²) in [6.07, 6.45) is 4.80. The maximum atomic E-state index is 11.7. The normalized spacial score (nSPS) is 10.9. The lowest BCUT2D eigenvalue weighted by Crippen LogP contribution is -2.28. The highest BCUT2D eigenvalue weighted by atomic mass is 32.1. The number of aryl methyl sites for hydroxylation is 1. The molecule has 0 aliphatic heterocycles. The molecule has 1 N–H and O–H groups in total. The van der Waals surface area contributed by atoms with Crippen LogP contribution < -0.4 is 5.32 Å². The lowest BCUT2D eigenvalue weighted by molar-refractivity contribution is -0.121. The van der Waals surface area contributed by atoms with E-state index in [0.29, 0.717) is 26.0 Å². The molecule has 1 amide bonds. The van der Waals surface area contributed by atoms with Gasteiger partial charge in [-0.15, -0.1) is 11.3 Å². The van der Waals surface area contributed by atoms with E-state index in [1.54, 1.807) is 23.7 Å². The molecule has 0 saturated heterocycles. The Hall–Kier alpha value is -1.79. The van der Waals surface area contributed by atoms with Crippen LogP contribution in [0.1, 0.15) is 26.0 Å². The number of aromatic nitrogens is 2. The van der Waals surface area contributed by atoms with Crippen LogP contribution in [0.25, 0.3) is 10.6 Å². The Balaban J connectivity index is 1.73. The molecular weight excluding hydrogens is 298 g/mol.